The molecule has 102 valence electrons. The highest BCUT2D eigenvalue weighted by Gasteiger charge is 2.32. The number of nitrogens with zero attached hydrogens (tertiary/aromatic N) is 3. The van der Waals surface area contributed by atoms with Crippen LogP contribution in [0.25, 0.3) is 0 Å². The molecule has 1 unspecified atom stereocenters. The average molecular weight is 253 g/mol. The Kier molecular flexibility index (Phi) is 4.04. The van der Waals surface area contributed by atoms with Gasteiger partial charge in [0.2, 0.25) is 0 Å². The van der Waals surface area contributed by atoms with Crippen LogP contribution in [0.4, 0.5) is 0 Å². The topological polar surface area (TPSA) is 50.5 Å². The van der Waals surface area contributed by atoms with E-state index in [1.807, 2.05) is 17.9 Å². The van der Waals surface area contributed by atoms with Crippen LogP contribution >= 0.6 is 0 Å². The van der Waals surface area contributed by atoms with Crippen molar-refractivity contribution in [2.45, 2.75) is 32.0 Å². The molecule has 1 saturated heterocycles. The van der Waals surface area contributed by atoms with Gasteiger partial charge < -0.3 is 9.84 Å². The van der Waals surface area contributed by atoms with Crippen molar-refractivity contribution in [1.29, 1.82) is 0 Å². The summed E-state index contributed by atoms with van der Waals surface area (Å²) in [5, 5.41) is 13.4. The van der Waals surface area contributed by atoms with E-state index < -0.39 is 0 Å². The van der Waals surface area contributed by atoms with Gasteiger partial charge in [0.05, 0.1) is 18.3 Å². The standard InChI is InChI=1S/C13H23N3O2/c1-13(2)10-16(8-12(9-17)18-13)7-5-11-4-6-14-15(11)3/h4,6,12,17H,5,7-10H2,1-3H3. The molecule has 0 amide bonds. The summed E-state index contributed by atoms with van der Waals surface area (Å²) in [6, 6.07) is 2.05. The highest BCUT2D eigenvalue weighted by molar-refractivity contribution is 5.00. The molecule has 5 heteroatoms. The van der Waals surface area contributed by atoms with Gasteiger partial charge in [0.15, 0.2) is 0 Å². The molecule has 2 rings (SSSR count). The SMILES string of the molecule is Cn1nccc1CCN1CC(CO)OC(C)(C)C1. The molecule has 1 fully saturated rings. The van der Waals surface area contributed by atoms with Crippen molar-refractivity contribution in [2.75, 3.05) is 26.2 Å². The van der Waals surface area contributed by atoms with E-state index in [0.717, 1.165) is 26.1 Å². The molecule has 1 N–H and O–H groups in total. The number of rotatable bonds is 4. The Morgan fingerprint density at radius 1 is 1.56 bits per heavy atom. The molecule has 0 bridgehead atoms. The van der Waals surface area contributed by atoms with Crippen molar-refractivity contribution in [1.82, 2.24) is 14.7 Å². The molecule has 1 aromatic rings. The Bertz CT molecular complexity index is 389. The molecule has 1 atom stereocenters. The van der Waals surface area contributed by atoms with Gasteiger partial charge in [0.25, 0.3) is 0 Å². The van der Waals surface area contributed by atoms with Crippen molar-refractivity contribution >= 4 is 0 Å². The third-order valence-corrected chi connectivity index (χ3v) is 3.36. The lowest BCUT2D eigenvalue weighted by Crippen LogP contribution is -2.54. The second-order valence-corrected chi connectivity index (χ2v) is 5.61. The van der Waals surface area contributed by atoms with E-state index in [1.165, 1.54) is 5.69 Å². The summed E-state index contributed by atoms with van der Waals surface area (Å²) in [6.45, 7) is 6.92. The van der Waals surface area contributed by atoms with Gasteiger partial charge >= 0.3 is 0 Å². The van der Waals surface area contributed by atoms with Crippen LogP contribution in [0, 0.1) is 0 Å². The van der Waals surface area contributed by atoms with Gasteiger partial charge in [-0.05, 0) is 19.9 Å². The average Bonchev–Trinajstić information content (AvgIpc) is 2.70. The van der Waals surface area contributed by atoms with Crippen molar-refractivity contribution in [2.24, 2.45) is 7.05 Å². The molecule has 1 aliphatic rings. The zero-order valence-electron chi connectivity index (χ0n) is 11.5. The number of aliphatic hydroxyl groups excluding tert-OH is 1. The van der Waals surface area contributed by atoms with Crippen LogP contribution in [0.1, 0.15) is 19.5 Å². The molecule has 0 aromatic carbocycles. The Morgan fingerprint density at radius 2 is 2.33 bits per heavy atom. The number of aromatic nitrogens is 2. The van der Waals surface area contributed by atoms with E-state index in [1.54, 1.807) is 0 Å². The van der Waals surface area contributed by atoms with E-state index >= 15 is 0 Å². The van der Waals surface area contributed by atoms with Gasteiger partial charge in [-0.3, -0.25) is 9.58 Å². The summed E-state index contributed by atoms with van der Waals surface area (Å²) in [5.41, 5.74) is 1.05. The fourth-order valence-corrected chi connectivity index (χ4v) is 2.60. The van der Waals surface area contributed by atoms with E-state index in [0.29, 0.717) is 0 Å². The van der Waals surface area contributed by atoms with Gasteiger partial charge in [0.1, 0.15) is 0 Å². The Hall–Kier alpha value is -0.910. The van der Waals surface area contributed by atoms with Gasteiger partial charge in [-0.1, -0.05) is 0 Å². The van der Waals surface area contributed by atoms with Crippen molar-refractivity contribution < 1.29 is 9.84 Å². The van der Waals surface area contributed by atoms with Crippen LogP contribution < -0.4 is 0 Å². The Labute approximate surface area is 108 Å². The molecular formula is C13H23N3O2. The molecule has 5 nitrogen and oxygen atoms in total. The van der Waals surface area contributed by atoms with E-state index in [9.17, 15) is 5.11 Å². The first-order chi connectivity index (χ1) is 8.50. The highest BCUT2D eigenvalue weighted by atomic mass is 16.5. The van der Waals surface area contributed by atoms with Crippen LogP contribution in [0.15, 0.2) is 12.3 Å². The molecule has 2 heterocycles. The highest BCUT2D eigenvalue weighted by Crippen LogP contribution is 2.20. The summed E-state index contributed by atoms with van der Waals surface area (Å²) >= 11 is 0. The first-order valence-corrected chi connectivity index (χ1v) is 6.48. The Balaban J connectivity index is 1.90. The van der Waals surface area contributed by atoms with Gasteiger partial charge in [-0.2, -0.15) is 5.10 Å². The number of hydrogen-bond acceptors (Lipinski definition) is 4. The lowest BCUT2D eigenvalue weighted by molar-refractivity contribution is -0.148. The van der Waals surface area contributed by atoms with Gasteiger partial charge in [-0.15, -0.1) is 0 Å². The van der Waals surface area contributed by atoms with E-state index in [2.05, 4.69) is 29.9 Å². The minimum absolute atomic E-state index is 0.0692. The quantitative estimate of drug-likeness (QED) is 0.845. The largest absolute Gasteiger partial charge is 0.394 e. The van der Waals surface area contributed by atoms with Gasteiger partial charge in [0, 0.05) is 45.0 Å². The van der Waals surface area contributed by atoms with E-state index in [-0.39, 0.29) is 18.3 Å². The zero-order chi connectivity index (χ0) is 13.2. The Morgan fingerprint density at radius 3 is 2.94 bits per heavy atom. The first kappa shape index (κ1) is 13.5. The normalized spacial score (nSPS) is 24.3. The molecule has 0 radical (unpaired) electrons. The van der Waals surface area contributed by atoms with Crippen molar-refractivity contribution in [3.8, 4) is 0 Å². The monoisotopic (exact) mass is 253 g/mol. The number of hydrogen-bond donors (Lipinski definition) is 1. The van der Waals surface area contributed by atoms with Crippen LogP contribution in [-0.2, 0) is 18.2 Å². The molecular weight excluding hydrogens is 230 g/mol. The van der Waals surface area contributed by atoms with Gasteiger partial charge in [-0.25, -0.2) is 0 Å². The molecule has 0 saturated carbocycles. The summed E-state index contributed by atoms with van der Waals surface area (Å²) in [7, 11) is 1.97. The van der Waals surface area contributed by atoms with Crippen LogP contribution in [0.5, 0.6) is 0 Å². The van der Waals surface area contributed by atoms with Crippen molar-refractivity contribution in [3.05, 3.63) is 18.0 Å². The second kappa shape index (κ2) is 5.38. The minimum Gasteiger partial charge on any atom is -0.394 e. The first-order valence-electron chi connectivity index (χ1n) is 6.48. The maximum absolute atomic E-state index is 9.27. The minimum atomic E-state index is -0.182. The summed E-state index contributed by atoms with van der Waals surface area (Å²) in [5.74, 6) is 0. The smallest absolute Gasteiger partial charge is 0.0940 e. The zero-order valence-corrected chi connectivity index (χ0v) is 11.5. The van der Waals surface area contributed by atoms with E-state index in [4.69, 9.17) is 4.74 Å². The lowest BCUT2D eigenvalue weighted by Gasteiger charge is -2.42. The second-order valence-electron chi connectivity index (χ2n) is 5.61. The molecule has 0 aliphatic carbocycles. The molecule has 18 heavy (non-hydrogen) atoms. The maximum atomic E-state index is 9.27. The van der Waals surface area contributed by atoms with Crippen LogP contribution in [0.3, 0.4) is 0 Å². The van der Waals surface area contributed by atoms with Crippen molar-refractivity contribution in [3.63, 3.8) is 0 Å². The molecule has 0 spiro atoms. The maximum Gasteiger partial charge on any atom is 0.0940 e. The van der Waals surface area contributed by atoms with Crippen LogP contribution in [-0.4, -0.2) is 57.7 Å². The predicted octanol–water partition coefficient (Wildman–Crippen LogP) is 0.434. The predicted molar refractivity (Wildman–Crippen MR) is 69.4 cm³/mol. The fourth-order valence-electron chi connectivity index (χ4n) is 2.60. The summed E-state index contributed by atoms with van der Waals surface area (Å²) in [6.07, 6.45) is 2.74. The van der Waals surface area contributed by atoms with Crippen LogP contribution in [0.2, 0.25) is 0 Å². The molecule has 1 aromatic heterocycles. The summed E-state index contributed by atoms with van der Waals surface area (Å²) < 4.78 is 7.72. The molecule has 1 aliphatic heterocycles. The number of morpholine rings is 1. The fraction of sp³-hybridized carbons (Fsp3) is 0.769. The third kappa shape index (κ3) is 3.31. The third-order valence-electron chi connectivity index (χ3n) is 3.36. The number of aliphatic hydroxyl groups is 1. The summed E-state index contributed by atoms with van der Waals surface area (Å²) in [4.78, 5) is 2.36. The number of ether oxygens (including phenoxy) is 1. The number of aryl methyl sites for hydroxylation is 1. The lowest BCUT2D eigenvalue weighted by atomic mass is 10.0.